The molecule has 0 spiro atoms. The lowest BCUT2D eigenvalue weighted by molar-refractivity contribution is 0.396. The largest absolute Gasteiger partial charge is 0.313 e. The van der Waals surface area contributed by atoms with E-state index < -0.39 is 0 Å². The Labute approximate surface area is 70.3 Å². The summed E-state index contributed by atoms with van der Waals surface area (Å²) in [5.41, 5.74) is 0. The number of allylic oxidation sites excluding steroid dienone is 1. The van der Waals surface area contributed by atoms with Gasteiger partial charge in [-0.15, -0.1) is 0 Å². The van der Waals surface area contributed by atoms with E-state index in [4.69, 9.17) is 0 Å². The van der Waals surface area contributed by atoms with Gasteiger partial charge in [0, 0.05) is 6.54 Å². The van der Waals surface area contributed by atoms with E-state index in [9.17, 15) is 0 Å². The van der Waals surface area contributed by atoms with Crippen molar-refractivity contribution in [3.05, 3.63) is 12.2 Å². The highest BCUT2D eigenvalue weighted by molar-refractivity contribution is 4.78. The van der Waals surface area contributed by atoms with Crippen molar-refractivity contribution in [3.63, 3.8) is 0 Å². The van der Waals surface area contributed by atoms with Crippen molar-refractivity contribution >= 4 is 0 Å². The Morgan fingerprint density at radius 3 is 2.64 bits per heavy atom. The van der Waals surface area contributed by atoms with Crippen LogP contribution in [0.15, 0.2) is 12.2 Å². The van der Waals surface area contributed by atoms with Crippen molar-refractivity contribution in [2.45, 2.75) is 13.3 Å². The summed E-state index contributed by atoms with van der Waals surface area (Å²) in [6, 6.07) is 0. The Morgan fingerprint density at radius 1 is 1.36 bits per heavy atom. The molecule has 0 aromatic rings. The minimum atomic E-state index is 1.00. The summed E-state index contributed by atoms with van der Waals surface area (Å²) in [5.74, 6) is 0. The minimum Gasteiger partial charge on any atom is -0.313 e. The first-order chi connectivity index (χ1) is 5.27. The number of hydrogen-bond donors (Lipinski definition) is 1. The third-order valence-corrected chi connectivity index (χ3v) is 1.46. The first-order valence-corrected chi connectivity index (χ1v) is 4.24. The molecular formula is C9H20N2. The van der Waals surface area contributed by atoms with Gasteiger partial charge in [0.2, 0.25) is 0 Å². The second kappa shape index (κ2) is 7.76. The van der Waals surface area contributed by atoms with Crippen LogP contribution < -0.4 is 5.32 Å². The van der Waals surface area contributed by atoms with Gasteiger partial charge in [-0.3, -0.25) is 0 Å². The van der Waals surface area contributed by atoms with E-state index in [0.29, 0.717) is 0 Å². The standard InChI is InChI=1S/C9H20N2/c1-4-5-7-10-8-6-9-11(2)3/h4-5,10H,6-9H2,1-3H3. The fraction of sp³-hybridized carbons (Fsp3) is 0.778. The van der Waals surface area contributed by atoms with Crippen LogP contribution in [0.2, 0.25) is 0 Å². The number of nitrogens with zero attached hydrogens (tertiary/aromatic N) is 1. The van der Waals surface area contributed by atoms with E-state index >= 15 is 0 Å². The van der Waals surface area contributed by atoms with Crippen molar-refractivity contribution in [2.75, 3.05) is 33.7 Å². The molecule has 0 aliphatic heterocycles. The molecule has 2 heteroatoms. The van der Waals surface area contributed by atoms with E-state index in [2.05, 4.69) is 36.5 Å². The van der Waals surface area contributed by atoms with Crippen LogP contribution in [-0.2, 0) is 0 Å². The number of hydrogen-bond acceptors (Lipinski definition) is 2. The molecule has 66 valence electrons. The zero-order valence-electron chi connectivity index (χ0n) is 7.93. The lowest BCUT2D eigenvalue weighted by Crippen LogP contribution is -2.21. The van der Waals surface area contributed by atoms with Gasteiger partial charge < -0.3 is 10.2 Å². The predicted molar refractivity (Wildman–Crippen MR) is 50.9 cm³/mol. The first kappa shape index (κ1) is 10.7. The minimum absolute atomic E-state index is 1.00. The summed E-state index contributed by atoms with van der Waals surface area (Å²) in [4.78, 5) is 2.21. The second-order valence-corrected chi connectivity index (χ2v) is 2.93. The molecule has 0 heterocycles. The zero-order chi connectivity index (χ0) is 8.53. The fourth-order valence-electron chi connectivity index (χ4n) is 0.824. The average Bonchev–Trinajstić information content (AvgIpc) is 1.96. The topological polar surface area (TPSA) is 15.3 Å². The summed E-state index contributed by atoms with van der Waals surface area (Å²) in [5, 5.41) is 3.33. The van der Waals surface area contributed by atoms with Crippen molar-refractivity contribution in [3.8, 4) is 0 Å². The Morgan fingerprint density at radius 2 is 2.09 bits per heavy atom. The quantitative estimate of drug-likeness (QED) is 0.458. The van der Waals surface area contributed by atoms with Crippen LogP contribution in [-0.4, -0.2) is 38.6 Å². The Bertz CT molecular complexity index is 97.7. The molecule has 0 amide bonds. The third-order valence-electron chi connectivity index (χ3n) is 1.46. The van der Waals surface area contributed by atoms with E-state index in [-0.39, 0.29) is 0 Å². The maximum atomic E-state index is 3.33. The summed E-state index contributed by atoms with van der Waals surface area (Å²) in [7, 11) is 4.21. The third kappa shape index (κ3) is 9.66. The number of rotatable bonds is 6. The summed E-state index contributed by atoms with van der Waals surface area (Å²) in [6.07, 6.45) is 5.43. The van der Waals surface area contributed by atoms with Crippen LogP contribution >= 0.6 is 0 Å². The molecular weight excluding hydrogens is 136 g/mol. The average molecular weight is 156 g/mol. The highest BCUT2D eigenvalue weighted by Gasteiger charge is 1.88. The zero-order valence-corrected chi connectivity index (χ0v) is 7.93. The number of nitrogens with one attached hydrogen (secondary N) is 1. The maximum Gasteiger partial charge on any atom is 0.0134 e. The van der Waals surface area contributed by atoms with E-state index in [1.807, 2.05) is 6.92 Å². The van der Waals surface area contributed by atoms with Gasteiger partial charge in [0.15, 0.2) is 0 Å². The molecule has 0 aliphatic rings. The Hall–Kier alpha value is -0.340. The van der Waals surface area contributed by atoms with Crippen LogP contribution in [0.5, 0.6) is 0 Å². The van der Waals surface area contributed by atoms with E-state index in [1.165, 1.54) is 13.0 Å². The van der Waals surface area contributed by atoms with Crippen molar-refractivity contribution < 1.29 is 0 Å². The predicted octanol–water partition coefficient (Wildman–Crippen LogP) is 1.10. The lowest BCUT2D eigenvalue weighted by atomic mass is 10.4. The molecule has 1 N–H and O–H groups in total. The van der Waals surface area contributed by atoms with Gasteiger partial charge in [0.05, 0.1) is 0 Å². The lowest BCUT2D eigenvalue weighted by Gasteiger charge is -2.08. The van der Waals surface area contributed by atoms with Crippen molar-refractivity contribution in [1.82, 2.24) is 10.2 Å². The Kier molecular flexibility index (Phi) is 7.52. The van der Waals surface area contributed by atoms with Crippen LogP contribution in [0, 0.1) is 0 Å². The molecule has 0 saturated heterocycles. The molecule has 0 aromatic heterocycles. The molecule has 0 aliphatic carbocycles. The summed E-state index contributed by atoms with van der Waals surface area (Å²) in [6.45, 7) is 5.33. The van der Waals surface area contributed by atoms with Gasteiger partial charge in [-0.25, -0.2) is 0 Å². The highest BCUT2D eigenvalue weighted by Crippen LogP contribution is 1.80. The molecule has 0 aromatic carbocycles. The van der Waals surface area contributed by atoms with Gasteiger partial charge in [0.1, 0.15) is 0 Å². The molecule has 0 saturated carbocycles. The molecule has 0 rings (SSSR count). The van der Waals surface area contributed by atoms with E-state index in [0.717, 1.165) is 13.1 Å². The second-order valence-electron chi connectivity index (χ2n) is 2.93. The molecule has 0 bridgehead atoms. The summed E-state index contributed by atoms with van der Waals surface area (Å²) >= 11 is 0. The van der Waals surface area contributed by atoms with Crippen molar-refractivity contribution in [2.24, 2.45) is 0 Å². The first-order valence-electron chi connectivity index (χ1n) is 4.24. The smallest absolute Gasteiger partial charge is 0.0134 e. The highest BCUT2D eigenvalue weighted by atomic mass is 15.0. The molecule has 0 unspecified atom stereocenters. The van der Waals surface area contributed by atoms with E-state index in [1.54, 1.807) is 0 Å². The van der Waals surface area contributed by atoms with Gasteiger partial charge >= 0.3 is 0 Å². The fourth-order valence-corrected chi connectivity index (χ4v) is 0.824. The molecule has 2 nitrogen and oxygen atoms in total. The van der Waals surface area contributed by atoms with Gasteiger partial charge in [0.25, 0.3) is 0 Å². The molecule has 0 atom stereocenters. The normalized spacial score (nSPS) is 11.6. The summed E-state index contributed by atoms with van der Waals surface area (Å²) < 4.78 is 0. The monoisotopic (exact) mass is 156 g/mol. The van der Waals surface area contributed by atoms with Crippen LogP contribution in [0.25, 0.3) is 0 Å². The van der Waals surface area contributed by atoms with Crippen molar-refractivity contribution in [1.29, 1.82) is 0 Å². The molecule has 0 fully saturated rings. The molecule has 0 radical (unpaired) electrons. The SMILES string of the molecule is CC=CCNCCCN(C)C. The van der Waals surface area contributed by atoms with Crippen LogP contribution in [0.3, 0.4) is 0 Å². The molecule has 11 heavy (non-hydrogen) atoms. The van der Waals surface area contributed by atoms with Gasteiger partial charge in [-0.2, -0.15) is 0 Å². The Balaban J connectivity index is 2.91. The van der Waals surface area contributed by atoms with Crippen LogP contribution in [0.4, 0.5) is 0 Å². The van der Waals surface area contributed by atoms with Crippen LogP contribution in [0.1, 0.15) is 13.3 Å². The van der Waals surface area contributed by atoms with Gasteiger partial charge in [-0.05, 0) is 40.5 Å². The van der Waals surface area contributed by atoms with Gasteiger partial charge in [-0.1, -0.05) is 12.2 Å². The maximum absolute atomic E-state index is 3.33.